The molecule has 0 aromatic heterocycles. The predicted molar refractivity (Wildman–Crippen MR) is 129 cm³/mol. The second-order valence-electron chi connectivity index (χ2n) is 7.46. The summed E-state index contributed by atoms with van der Waals surface area (Å²) < 4.78 is 10.7. The van der Waals surface area contributed by atoms with Gasteiger partial charge in [-0.05, 0) is 72.2 Å². The number of benzene rings is 3. The Hall–Kier alpha value is -4.26. The fraction of sp³-hybridized carbons (Fsp3) is 0.154. The van der Waals surface area contributed by atoms with Crippen LogP contribution in [-0.4, -0.2) is 30.4 Å². The van der Waals surface area contributed by atoms with Crippen LogP contribution in [0.4, 0.5) is 0 Å². The van der Waals surface area contributed by atoms with Crippen molar-refractivity contribution in [2.45, 2.75) is 13.5 Å². The van der Waals surface area contributed by atoms with Crippen LogP contribution in [0.1, 0.15) is 22.3 Å². The van der Waals surface area contributed by atoms with E-state index in [1.165, 1.54) is 0 Å². The highest BCUT2D eigenvalue weighted by atomic mass is 16.5. The maximum absolute atomic E-state index is 12.1. The average Bonchev–Trinajstić information content (AvgIpc) is 2.83. The number of methoxy groups -OCH3 is 1. The van der Waals surface area contributed by atoms with Gasteiger partial charge in [0.05, 0.1) is 12.8 Å². The fourth-order valence-corrected chi connectivity index (χ4v) is 3.05. The highest BCUT2D eigenvalue weighted by Gasteiger charge is 2.07. The van der Waals surface area contributed by atoms with Gasteiger partial charge in [-0.1, -0.05) is 24.3 Å². The van der Waals surface area contributed by atoms with E-state index in [4.69, 9.17) is 20.6 Å². The predicted octanol–water partition coefficient (Wildman–Crippen LogP) is 3.77. The van der Waals surface area contributed by atoms with Gasteiger partial charge in [-0.2, -0.15) is 0 Å². The summed E-state index contributed by atoms with van der Waals surface area (Å²) in [6.45, 7) is 2.03. The minimum Gasteiger partial charge on any atom is -0.508 e. The van der Waals surface area contributed by atoms with E-state index in [0.717, 1.165) is 16.9 Å². The number of hydrogen-bond acceptors (Lipinski definition) is 6. The van der Waals surface area contributed by atoms with Crippen LogP contribution >= 0.6 is 0 Å². The van der Waals surface area contributed by atoms with Gasteiger partial charge in [0.15, 0.2) is 6.61 Å². The zero-order valence-corrected chi connectivity index (χ0v) is 18.6. The molecule has 0 spiro atoms. The van der Waals surface area contributed by atoms with E-state index < -0.39 is 0 Å². The minimum atomic E-state index is -0.252. The summed E-state index contributed by atoms with van der Waals surface area (Å²) in [5.74, 6) is 1.18. The molecule has 0 aliphatic heterocycles. The molecule has 0 bridgehead atoms. The van der Waals surface area contributed by atoms with Gasteiger partial charge in [-0.25, -0.2) is 0 Å². The Morgan fingerprint density at radius 1 is 1.06 bits per heavy atom. The van der Waals surface area contributed by atoms with Crippen molar-refractivity contribution >= 4 is 17.3 Å². The number of phenolic OH excluding ortho intramolecular Hbond substituents is 1. The van der Waals surface area contributed by atoms with Crippen LogP contribution in [-0.2, 0) is 11.3 Å². The first-order valence-electron chi connectivity index (χ1n) is 10.3. The normalized spacial score (nSPS) is 11.0. The molecule has 3 aromatic rings. The Kier molecular flexibility index (Phi) is 7.70. The molecule has 5 N–H and O–H groups in total. The number of phenols is 1. The maximum atomic E-state index is 12.1. The Bertz CT molecular complexity index is 1170. The number of rotatable bonds is 9. The third-order valence-corrected chi connectivity index (χ3v) is 4.99. The number of carbonyl (C=O) groups is 1. The highest BCUT2D eigenvalue weighted by Crippen LogP contribution is 2.21. The third kappa shape index (κ3) is 6.61. The number of nitrogens with one attached hydrogen (secondary N) is 2. The average molecular weight is 446 g/mol. The number of allylic oxidation sites excluding steroid dienone is 1. The summed E-state index contributed by atoms with van der Waals surface area (Å²) >= 11 is 0. The van der Waals surface area contributed by atoms with Gasteiger partial charge in [0.2, 0.25) is 0 Å². The maximum Gasteiger partial charge on any atom is 0.258 e. The molecule has 3 aromatic carbocycles. The second kappa shape index (κ2) is 10.9. The Balaban J connectivity index is 1.56. The Morgan fingerprint density at radius 3 is 2.52 bits per heavy atom. The van der Waals surface area contributed by atoms with Crippen molar-refractivity contribution in [3.05, 3.63) is 95.1 Å². The van der Waals surface area contributed by atoms with Gasteiger partial charge in [0.25, 0.3) is 5.91 Å². The molecule has 33 heavy (non-hydrogen) atoms. The number of aromatic hydroxyl groups is 1. The smallest absolute Gasteiger partial charge is 0.258 e. The molecular formula is C26H27N3O4. The number of carbonyl (C=O) groups excluding carboxylic acids is 1. The number of aryl methyl sites for hydroxylation is 1. The van der Waals surface area contributed by atoms with E-state index in [1.807, 2.05) is 24.3 Å². The topological polar surface area (TPSA) is 118 Å². The summed E-state index contributed by atoms with van der Waals surface area (Å²) in [5, 5.41) is 20.8. The molecule has 0 aliphatic carbocycles. The Labute approximate surface area is 193 Å². The van der Waals surface area contributed by atoms with Gasteiger partial charge >= 0.3 is 0 Å². The summed E-state index contributed by atoms with van der Waals surface area (Å²) in [7, 11) is 1.60. The van der Waals surface area contributed by atoms with E-state index >= 15 is 0 Å². The third-order valence-electron chi connectivity index (χ3n) is 4.99. The fourth-order valence-electron chi connectivity index (χ4n) is 3.05. The number of hydrogen-bond donors (Lipinski definition) is 4. The SMILES string of the molecule is COc1ccc(CNC(=O)COc2cccc(C(=N)/C=C(\N)c3ccc(O)c(C)c3)c2)cc1. The van der Waals surface area contributed by atoms with Crippen molar-refractivity contribution < 1.29 is 19.4 Å². The lowest BCUT2D eigenvalue weighted by Crippen LogP contribution is -2.28. The first kappa shape index (κ1) is 23.4. The van der Waals surface area contributed by atoms with Crippen LogP contribution in [0.25, 0.3) is 5.70 Å². The van der Waals surface area contributed by atoms with Crippen molar-refractivity contribution in [3.63, 3.8) is 0 Å². The molecule has 0 radical (unpaired) electrons. The molecular weight excluding hydrogens is 418 g/mol. The van der Waals surface area contributed by atoms with E-state index in [0.29, 0.717) is 29.1 Å². The molecule has 3 rings (SSSR count). The number of ether oxygens (including phenoxy) is 2. The van der Waals surface area contributed by atoms with E-state index in [-0.39, 0.29) is 24.0 Å². The number of amides is 1. The zero-order valence-electron chi connectivity index (χ0n) is 18.6. The molecule has 170 valence electrons. The van der Waals surface area contributed by atoms with Crippen LogP contribution < -0.4 is 20.5 Å². The summed E-state index contributed by atoms with van der Waals surface area (Å²) in [5.41, 5.74) is 9.72. The molecule has 1 amide bonds. The van der Waals surface area contributed by atoms with Gasteiger partial charge < -0.3 is 31.0 Å². The molecule has 0 saturated carbocycles. The van der Waals surface area contributed by atoms with E-state index in [2.05, 4.69) is 5.32 Å². The summed E-state index contributed by atoms with van der Waals surface area (Å²) in [4.78, 5) is 12.1. The first-order chi connectivity index (χ1) is 15.9. The summed E-state index contributed by atoms with van der Waals surface area (Å²) in [6.07, 6.45) is 1.55. The molecule has 0 saturated heterocycles. The quantitative estimate of drug-likeness (QED) is 0.374. The molecule has 0 aliphatic rings. The highest BCUT2D eigenvalue weighted by molar-refractivity contribution is 6.10. The second-order valence-corrected chi connectivity index (χ2v) is 7.46. The van der Waals surface area contributed by atoms with Gasteiger partial charge in [-0.3, -0.25) is 4.79 Å². The van der Waals surface area contributed by atoms with Gasteiger partial charge in [0.1, 0.15) is 17.2 Å². The lowest BCUT2D eigenvalue weighted by atomic mass is 10.0. The van der Waals surface area contributed by atoms with Crippen LogP contribution in [0.3, 0.4) is 0 Å². The van der Waals surface area contributed by atoms with Crippen LogP contribution in [0.5, 0.6) is 17.2 Å². The zero-order chi connectivity index (χ0) is 23.8. The lowest BCUT2D eigenvalue weighted by Gasteiger charge is -2.10. The lowest BCUT2D eigenvalue weighted by molar-refractivity contribution is -0.123. The van der Waals surface area contributed by atoms with E-state index in [1.54, 1.807) is 62.6 Å². The van der Waals surface area contributed by atoms with Crippen LogP contribution in [0, 0.1) is 12.3 Å². The summed E-state index contributed by atoms with van der Waals surface area (Å²) in [6, 6.07) is 19.4. The van der Waals surface area contributed by atoms with Crippen LogP contribution in [0.15, 0.2) is 72.8 Å². The standard InChI is InChI=1S/C26H27N3O4/c1-17-12-20(8-11-25(17)30)24(28)14-23(27)19-4-3-5-22(13-19)33-16-26(31)29-15-18-6-9-21(32-2)10-7-18/h3-14,27,30H,15-16,28H2,1-2H3,(H,29,31)/b24-14-,27-23?. The molecule has 7 heteroatoms. The monoisotopic (exact) mass is 445 g/mol. The molecule has 7 nitrogen and oxygen atoms in total. The minimum absolute atomic E-state index is 0.141. The van der Waals surface area contributed by atoms with Gasteiger partial charge in [0, 0.05) is 17.8 Å². The molecule has 0 atom stereocenters. The molecule has 0 fully saturated rings. The largest absolute Gasteiger partial charge is 0.508 e. The van der Waals surface area contributed by atoms with Gasteiger partial charge in [-0.15, -0.1) is 0 Å². The van der Waals surface area contributed by atoms with Crippen molar-refractivity contribution in [1.82, 2.24) is 5.32 Å². The molecule has 0 unspecified atom stereocenters. The van der Waals surface area contributed by atoms with Crippen molar-refractivity contribution in [3.8, 4) is 17.2 Å². The van der Waals surface area contributed by atoms with Crippen LogP contribution in [0.2, 0.25) is 0 Å². The van der Waals surface area contributed by atoms with Crippen molar-refractivity contribution in [1.29, 1.82) is 5.41 Å². The van der Waals surface area contributed by atoms with Crippen molar-refractivity contribution in [2.24, 2.45) is 5.73 Å². The number of nitrogens with two attached hydrogens (primary N) is 1. The first-order valence-corrected chi connectivity index (χ1v) is 10.3. The Morgan fingerprint density at radius 2 is 1.82 bits per heavy atom. The van der Waals surface area contributed by atoms with Crippen molar-refractivity contribution in [2.75, 3.05) is 13.7 Å². The molecule has 0 heterocycles. The van der Waals surface area contributed by atoms with E-state index in [9.17, 15) is 9.90 Å².